The number of benzene rings is 3. The summed E-state index contributed by atoms with van der Waals surface area (Å²) in [7, 11) is 0. The molecule has 7 rings (SSSR count). The van der Waals surface area contributed by atoms with Crippen molar-refractivity contribution >= 4 is 58.4 Å². The Bertz CT molecular complexity index is 1420. The van der Waals surface area contributed by atoms with Gasteiger partial charge in [-0.2, -0.15) is 0 Å². The molecule has 7 nitrogen and oxygen atoms in total. The smallest absolute Gasteiger partial charge is 0.271 e. The van der Waals surface area contributed by atoms with Crippen molar-refractivity contribution in [2.24, 2.45) is 11.8 Å². The number of carbonyl (C=O) groups excluding carboxylic acids is 4. The third kappa shape index (κ3) is 3.28. The quantitative estimate of drug-likeness (QED) is 0.282. The number of nitrogens with zero attached hydrogens (tertiary/aromatic N) is 1. The van der Waals surface area contributed by atoms with Gasteiger partial charge in [-0.1, -0.05) is 72.3 Å². The molecule has 3 aromatic rings. The summed E-state index contributed by atoms with van der Waals surface area (Å²) >= 11 is 20.8. The third-order valence-corrected chi connectivity index (χ3v) is 9.29. The van der Waals surface area contributed by atoms with Crippen LogP contribution in [0.4, 0.5) is 0 Å². The standard InChI is InChI=1S/C28H20Cl3N3O4/c29-20-12-6-1-7-15(20)24(36)33-32-21(35)13-14-34-25(37)22-23(26(34)38)28(31)17-9-3-2-8-16(17)27(22,30)18-10-4-5-11-19(18)28/h1-12,22-23H,13-14H2,(H,32,35)(H,33,36)/t22-,23-,27?,28?/m0/s1. The van der Waals surface area contributed by atoms with Crippen molar-refractivity contribution < 1.29 is 19.2 Å². The fourth-order valence-corrected chi connectivity index (χ4v) is 7.38. The minimum absolute atomic E-state index is 0.189. The van der Waals surface area contributed by atoms with Crippen molar-refractivity contribution in [3.05, 3.63) is 106 Å². The maximum absolute atomic E-state index is 13.8. The molecule has 38 heavy (non-hydrogen) atoms. The van der Waals surface area contributed by atoms with E-state index >= 15 is 0 Å². The van der Waals surface area contributed by atoms with Crippen molar-refractivity contribution in [1.82, 2.24) is 15.8 Å². The number of hydrogen-bond acceptors (Lipinski definition) is 4. The van der Waals surface area contributed by atoms with Gasteiger partial charge in [0.25, 0.3) is 5.91 Å². The number of likely N-dealkylation sites (tertiary alicyclic amines) is 1. The fourth-order valence-electron chi connectivity index (χ4n) is 6.06. The fraction of sp³-hybridized carbons (Fsp3) is 0.214. The average Bonchev–Trinajstić information content (AvgIpc) is 3.19. The van der Waals surface area contributed by atoms with Crippen LogP contribution in [0.2, 0.25) is 5.02 Å². The maximum atomic E-state index is 13.8. The molecular formula is C28H20Cl3N3O4. The van der Waals surface area contributed by atoms with E-state index in [1.165, 1.54) is 6.07 Å². The Morgan fingerprint density at radius 1 is 0.737 bits per heavy atom. The number of hydrogen-bond donors (Lipinski definition) is 2. The lowest BCUT2D eigenvalue weighted by molar-refractivity contribution is -0.140. The van der Waals surface area contributed by atoms with E-state index in [2.05, 4.69) is 10.9 Å². The first-order valence-corrected chi connectivity index (χ1v) is 13.1. The SMILES string of the molecule is O=C(CCN1C(=O)[C@@H]2[C@@H](C1=O)C1(Cl)c3ccccc3C2(Cl)c2ccccc21)NNC(=O)c1ccccc1Cl. The molecule has 1 heterocycles. The van der Waals surface area contributed by atoms with Crippen LogP contribution >= 0.6 is 34.8 Å². The van der Waals surface area contributed by atoms with Gasteiger partial charge in [0.1, 0.15) is 9.75 Å². The lowest BCUT2D eigenvalue weighted by Crippen LogP contribution is -2.57. The van der Waals surface area contributed by atoms with E-state index in [1.807, 2.05) is 48.5 Å². The molecule has 3 aromatic carbocycles. The Kier molecular flexibility index (Phi) is 5.79. The van der Waals surface area contributed by atoms with Crippen molar-refractivity contribution in [2.45, 2.75) is 16.2 Å². The van der Waals surface area contributed by atoms with E-state index in [0.29, 0.717) is 22.3 Å². The third-order valence-electron chi connectivity index (χ3n) is 7.67. The molecule has 4 amide bonds. The van der Waals surface area contributed by atoms with Gasteiger partial charge < -0.3 is 0 Å². The Balaban J connectivity index is 1.24. The summed E-state index contributed by atoms with van der Waals surface area (Å²) < 4.78 is 0. The predicted molar refractivity (Wildman–Crippen MR) is 142 cm³/mol. The molecule has 1 saturated heterocycles. The number of carbonyl (C=O) groups is 4. The summed E-state index contributed by atoms with van der Waals surface area (Å²) in [4.78, 5) is 50.8. The number of halogens is 3. The molecule has 2 N–H and O–H groups in total. The molecular weight excluding hydrogens is 549 g/mol. The zero-order valence-corrected chi connectivity index (χ0v) is 22.0. The topological polar surface area (TPSA) is 95.6 Å². The summed E-state index contributed by atoms with van der Waals surface area (Å²) in [5.74, 6) is -3.99. The van der Waals surface area contributed by atoms with Crippen LogP contribution in [0.5, 0.6) is 0 Å². The van der Waals surface area contributed by atoms with Crippen LogP contribution in [0.3, 0.4) is 0 Å². The molecule has 192 valence electrons. The highest BCUT2D eigenvalue weighted by Crippen LogP contribution is 2.69. The normalized spacial score (nSPS) is 26.4. The molecule has 0 spiro atoms. The van der Waals surface area contributed by atoms with E-state index in [9.17, 15) is 19.2 Å². The minimum atomic E-state index is -1.28. The van der Waals surface area contributed by atoms with Gasteiger partial charge in [-0.05, 0) is 34.4 Å². The van der Waals surface area contributed by atoms with Crippen LogP contribution in [0.25, 0.3) is 0 Å². The minimum Gasteiger partial charge on any atom is -0.281 e. The van der Waals surface area contributed by atoms with Gasteiger partial charge in [-0.15, -0.1) is 23.2 Å². The average molecular weight is 569 g/mol. The van der Waals surface area contributed by atoms with E-state index in [-0.39, 0.29) is 23.6 Å². The first kappa shape index (κ1) is 24.9. The molecule has 10 heteroatoms. The highest BCUT2D eigenvalue weighted by Gasteiger charge is 2.72. The van der Waals surface area contributed by atoms with Crippen molar-refractivity contribution in [2.75, 3.05) is 6.54 Å². The van der Waals surface area contributed by atoms with E-state index in [0.717, 1.165) is 4.90 Å². The number of amides is 4. The highest BCUT2D eigenvalue weighted by molar-refractivity contribution is 6.36. The van der Waals surface area contributed by atoms with Gasteiger partial charge in [0, 0.05) is 13.0 Å². The van der Waals surface area contributed by atoms with Crippen LogP contribution in [0.1, 0.15) is 39.0 Å². The number of imide groups is 1. The van der Waals surface area contributed by atoms with Crippen LogP contribution in [-0.2, 0) is 24.1 Å². The van der Waals surface area contributed by atoms with E-state index < -0.39 is 45.2 Å². The van der Waals surface area contributed by atoms with Gasteiger partial charge in [0.15, 0.2) is 0 Å². The van der Waals surface area contributed by atoms with E-state index in [4.69, 9.17) is 34.8 Å². The van der Waals surface area contributed by atoms with Crippen molar-refractivity contribution in [3.63, 3.8) is 0 Å². The van der Waals surface area contributed by atoms with Crippen molar-refractivity contribution in [3.8, 4) is 0 Å². The molecule has 0 saturated carbocycles. The van der Waals surface area contributed by atoms with Crippen LogP contribution in [0, 0.1) is 11.8 Å². The summed E-state index contributed by atoms with van der Waals surface area (Å²) in [5, 5.41) is 0.233. The molecule has 2 atom stereocenters. The summed E-state index contributed by atoms with van der Waals surface area (Å²) in [5.41, 5.74) is 7.62. The Morgan fingerprint density at radius 3 is 1.66 bits per heavy atom. The number of rotatable bonds is 4. The van der Waals surface area contributed by atoms with Gasteiger partial charge >= 0.3 is 0 Å². The van der Waals surface area contributed by atoms with Crippen LogP contribution in [-0.4, -0.2) is 35.1 Å². The largest absolute Gasteiger partial charge is 0.281 e. The highest BCUT2D eigenvalue weighted by atomic mass is 35.5. The van der Waals surface area contributed by atoms with Gasteiger partial charge in [0.2, 0.25) is 17.7 Å². The predicted octanol–water partition coefficient (Wildman–Crippen LogP) is 4.08. The molecule has 0 unspecified atom stereocenters. The molecule has 4 aliphatic rings. The number of hydrazine groups is 1. The first-order valence-electron chi connectivity index (χ1n) is 12.0. The van der Waals surface area contributed by atoms with Crippen molar-refractivity contribution in [1.29, 1.82) is 0 Å². The Morgan fingerprint density at radius 2 is 1.18 bits per heavy atom. The van der Waals surface area contributed by atoms with Crippen LogP contribution in [0.15, 0.2) is 72.8 Å². The summed E-state index contributed by atoms with van der Waals surface area (Å²) in [6.45, 7) is -0.189. The van der Waals surface area contributed by atoms with E-state index in [1.54, 1.807) is 18.2 Å². The van der Waals surface area contributed by atoms with Gasteiger partial charge in [-0.3, -0.25) is 34.9 Å². The zero-order chi connectivity index (χ0) is 26.8. The first-order chi connectivity index (χ1) is 18.2. The maximum Gasteiger partial charge on any atom is 0.271 e. The monoisotopic (exact) mass is 567 g/mol. The molecule has 0 aromatic heterocycles. The molecule has 1 aliphatic heterocycles. The Hall–Kier alpha value is -3.39. The summed E-state index contributed by atoms with van der Waals surface area (Å²) in [6.07, 6.45) is -0.232. The van der Waals surface area contributed by atoms with Gasteiger partial charge in [-0.25, -0.2) is 0 Å². The molecule has 2 bridgehead atoms. The number of nitrogens with one attached hydrogen (secondary N) is 2. The second-order valence-electron chi connectivity index (χ2n) is 9.53. The van der Waals surface area contributed by atoms with Gasteiger partial charge in [0.05, 0.1) is 22.4 Å². The Labute approximate surface area is 233 Å². The second-order valence-corrected chi connectivity index (χ2v) is 11.1. The molecule has 1 fully saturated rings. The lowest BCUT2D eigenvalue weighted by atomic mass is 9.54. The molecule has 0 radical (unpaired) electrons. The zero-order valence-electron chi connectivity index (χ0n) is 19.7. The summed E-state index contributed by atoms with van der Waals surface area (Å²) in [6, 6.07) is 21.1. The molecule has 3 aliphatic carbocycles. The number of alkyl halides is 2. The second kappa shape index (κ2) is 8.83. The van der Waals surface area contributed by atoms with Crippen LogP contribution < -0.4 is 10.9 Å². The lowest BCUT2D eigenvalue weighted by Gasteiger charge is -2.54.